The quantitative estimate of drug-likeness (QED) is 0.627. The Morgan fingerprint density at radius 1 is 1.50 bits per heavy atom. The van der Waals surface area contributed by atoms with E-state index in [1.54, 1.807) is 19.2 Å². The fourth-order valence-corrected chi connectivity index (χ4v) is 2.78. The van der Waals surface area contributed by atoms with Crippen molar-refractivity contribution in [3.63, 3.8) is 0 Å². The summed E-state index contributed by atoms with van der Waals surface area (Å²) in [6.07, 6.45) is 0.763. The minimum absolute atomic E-state index is 0.0186. The van der Waals surface area contributed by atoms with Gasteiger partial charge in [-0.2, -0.15) is 0 Å². The SMILES string of the molecule is CNC(=O)C1CCN(CC(O)c2cccc([N+](=O)[O-])c2)CC1. The molecule has 1 amide bonds. The maximum absolute atomic E-state index is 11.6. The van der Waals surface area contributed by atoms with Gasteiger partial charge < -0.3 is 15.3 Å². The highest BCUT2D eigenvalue weighted by molar-refractivity contribution is 5.78. The number of carbonyl (C=O) groups is 1. The number of nitro benzene ring substituents is 1. The van der Waals surface area contributed by atoms with Crippen LogP contribution in [0.25, 0.3) is 0 Å². The molecule has 0 aromatic heterocycles. The van der Waals surface area contributed by atoms with E-state index in [-0.39, 0.29) is 17.5 Å². The van der Waals surface area contributed by atoms with E-state index in [0.29, 0.717) is 12.1 Å². The van der Waals surface area contributed by atoms with E-state index in [2.05, 4.69) is 10.2 Å². The van der Waals surface area contributed by atoms with E-state index in [9.17, 15) is 20.0 Å². The number of piperidine rings is 1. The average Bonchev–Trinajstić information content (AvgIpc) is 2.54. The van der Waals surface area contributed by atoms with E-state index in [1.807, 2.05) is 0 Å². The Balaban J connectivity index is 1.90. The van der Waals surface area contributed by atoms with Gasteiger partial charge in [0.05, 0.1) is 11.0 Å². The van der Waals surface area contributed by atoms with Gasteiger partial charge in [-0.1, -0.05) is 12.1 Å². The van der Waals surface area contributed by atoms with E-state index in [0.717, 1.165) is 25.9 Å². The summed E-state index contributed by atoms with van der Waals surface area (Å²) in [5.74, 6) is 0.107. The number of carbonyl (C=O) groups excluding carboxylic acids is 1. The van der Waals surface area contributed by atoms with Crippen LogP contribution in [0.1, 0.15) is 24.5 Å². The molecule has 0 spiro atoms. The zero-order valence-electron chi connectivity index (χ0n) is 12.6. The summed E-state index contributed by atoms with van der Waals surface area (Å²) in [6.45, 7) is 1.90. The van der Waals surface area contributed by atoms with Crippen molar-refractivity contribution < 1.29 is 14.8 Å². The third kappa shape index (κ3) is 4.02. The molecule has 0 aliphatic carbocycles. The van der Waals surface area contributed by atoms with Crippen LogP contribution in [0, 0.1) is 16.0 Å². The van der Waals surface area contributed by atoms with Crippen molar-refractivity contribution in [1.82, 2.24) is 10.2 Å². The summed E-state index contributed by atoms with van der Waals surface area (Å²) < 4.78 is 0. The normalized spacial score (nSPS) is 17.9. The average molecular weight is 307 g/mol. The van der Waals surface area contributed by atoms with Gasteiger partial charge >= 0.3 is 0 Å². The Morgan fingerprint density at radius 3 is 2.77 bits per heavy atom. The maximum atomic E-state index is 11.6. The second kappa shape index (κ2) is 7.33. The maximum Gasteiger partial charge on any atom is 0.269 e. The lowest BCUT2D eigenvalue weighted by Crippen LogP contribution is -2.41. The van der Waals surface area contributed by atoms with Gasteiger partial charge in [0.2, 0.25) is 5.91 Å². The highest BCUT2D eigenvalue weighted by Crippen LogP contribution is 2.23. The van der Waals surface area contributed by atoms with Crippen LogP contribution in [0.3, 0.4) is 0 Å². The van der Waals surface area contributed by atoms with Crippen LogP contribution in [-0.2, 0) is 4.79 Å². The molecule has 1 aliphatic rings. The molecule has 1 aromatic rings. The molecule has 7 heteroatoms. The molecule has 0 saturated carbocycles. The van der Waals surface area contributed by atoms with Crippen molar-refractivity contribution in [2.75, 3.05) is 26.7 Å². The Kier molecular flexibility index (Phi) is 5.46. The molecule has 1 saturated heterocycles. The first-order valence-electron chi connectivity index (χ1n) is 7.37. The molecule has 1 heterocycles. The molecular weight excluding hydrogens is 286 g/mol. The predicted molar refractivity (Wildman–Crippen MR) is 81.3 cm³/mol. The minimum atomic E-state index is -0.767. The van der Waals surface area contributed by atoms with Crippen molar-refractivity contribution >= 4 is 11.6 Å². The van der Waals surface area contributed by atoms with E-state index in [4.69, 9.17) is 0 Å². The number of nitrogens with zero attached hydrogens (tertiary/aromatic N) is 2. The smallest absolute Gasteiger partial charge is 0.269 e. The number of hydrogen-bond donors (Lipinski definition) is 2. The standard InChI is InChI=1S/C15H21N3O4/c1-16-15(20)11-5-7-17(8-6-11)10-14(19)12-3-2-4-13(9-12)18(21)22/h2-4,9,11,14,19H,5-8,10H2,1H3,(H,16,20). The summed E-state index contributed by atoms with van der Waals surface area (Å²) in [6, 6.07) is 6.08. The number of non-ortho nitro benzene ring substituents is 1. The molecule has 1 aromatic carbocycles. The van der Waals surface area contributed by atoms with Gasteiger partial charge in [-0.3, -0.25) is 14.9 Å². The van der Waals surface area contributed by atoms with Crippen LogP contribution in [0.15, 0.2) is 24.3 Å². The zero-order chi connectivity index (χ0) is 16.1. The van der Waals surface area contributed by atoms with Gasteiger partial charge in [-0.25, -0.2) is 0 Å². The Morgan fingerprint density at radius 2 is 2.18 bits per heavy atom. The molecule has 2 N–H and O–H groups in total. The number of aliphatic hydroxyl groups excluding tert-OH is 1. The van der Waals surface area contributed by atoms with Crippen LogP contribution >= 0.6 is 0 Å². The zero-order valence-corrected chi connectivity index (χ0v) is 12.6. The fourth-order valence-electron chi connectivity index (χ4n) is 2.78. The number of β-amino-alcohol motifs (C(OH)–C–C–N with tert-alkyl or cyclic N) is 1. The van der Waals surface area contributed by atoms with Crippen molar-refractivity contribution in [1.29, 1.82) is 0 Å². The molecule has 22 heavy (non-hydrogen) atoms. The summed E-state index contributed by atoms with van der Waals surface area (Å²) in [4.78, 5) is 24.0. The second-order valence-corrected chi connectivity index (χ2v) is 5.56. The molecule has 7 nitrogen and oxygen atoms in total. The number of benzene rings is 1. The third-order valence-corrected chi connectivity index (χ3v) is 4.10. The van der Waals surface area contributed by atoms with Gasteiger partial charge in [0, 0.05) is 31.6 Å². The molecule has 0 bridgehead atoms. The number of rotatable bonds is 5. The lowest BCUT2D eigenvalue weighted by atomic mass is 9.95. The van der Waals surface area contributed by atoms with Crippen LogP contribution in [0.5, 0.6) is 0 Å². The van der Waals surface area contributed by atoms with E-state index >= 15 is 0 Å². The lowest BCUT2D eigenvalue weighted by Gasteiger charge is -2.32. The van der Waals surface area contributed by atoms with Gasteiger partial charge in [0.1, 0.15) is 0 Å². The summed E-state index contributed by atoms with van der Waals surface area (Å²) in [7, 11) is 1.64. The molecule has 2 rings (SSSR count). The second-order valence-electron chi connectivity index (χ2n) is 5.56. The Labute approximate surface area is 129 Å². The first-order chi connectivity index (χ1) is 10.5. The molecular formula is C15H21N3O4. The van der Waals surface area contributed by atoms with Crippen LogP contribution in [0.4, 0.5) is 5.69 Å². The topological polar surface area (TPSA) is 95.7 Å². The number of hydrogen-bond acceptors (Lipinski definition) is 5. The van der Waals surface area contributed by atoms with E-state index < -0.39 is 11.0 Å². The van der Waals surface area contributed by atoms with Crippen LogP contribution < -0.4 is 5.32 Å². The largest absolute Gasteiger partial charge is 0.387 e. The fraction of sp³-hybridized carbons (Fsp3) is 0.533. The molecule has 1 fully saturated rings. The first-order valence-corrected chi connectivity index (χ1v) is 7.37. The number of nitrogens with one attached hydrogen (secondary N) is 1. The third-order valence-electron chi connectivity index (χ3n) is 4.10. The molecule has 1 aliphatic heterocycles. The number of amides is 1. The Bertz CT molecular complexity index is 541. The van der Waals surface area contributed by atoms with Crippen molar-refractivity contribution in [2.24, 2.45) is 5.92 Å². The monoisotopic (exact) mass is 307 g/mol. The van der Waals surface area contributed by atoms with Crippen molar-refractivity contribution in [2.45, 2.75) is 18.9 Å². The predicted octanol–water partition coefficient (Wildman–Crippen LogP) is 1.09. The van der Waals surface area contributed by atoms with Crippen LogP contribution in [-0.4, -0.2) is 47.5 Å². The van der Waals surface area contributed by atoms with Crippen molar-refractivity contribution in [3.8, 4) is 0 Å². The lowest BCUT2D eigenvalue weighted by molar-refractivity contribution is -0.385. The molecule has 120 valence electrons. The Hall–Kier alpha value is -1.99. The van der Waals surface area contributed by atoms with Crippen LogP contribution in [0.2, 0.25) is 0 Å². The highest BCUT2D eigenvalue weighted by atomic mass is 16.6. The summed E-state index contributed by atoms with van der Waals surface area (Å²) in [5.41, 5.74) is 0.525. The van der Waals surface area contributed by atoms with Gasteiger partial charge in [0.15, 0.2) is 0 Å². The molecule has 1 unspecified atom stereocenters. The minimum Gasteiger partial charge on any atom is -0.387 e. The highest BCUT2D eigenvalue weighted by Gasteiger charge is 2.25. The molecule has 0 radical (unpaired) electrons. The van der Waals surface area contributed by atoms with Gasteiger partial charge in [0.25, 0.3) is 5.69 Å². The van der Waals surface area contributed by atoms with Gasteiger partial charge in [-0.15, -0.1) is 0 Å². The molecule has 1 atom stereocenters. The first kappa shape index (κ1) is 16.4. The summed E-state index contributed by atoms with van der Waals surface area (Å²) >= 11 is 0. The summed E-state index contributed by atoms with van der Waals surface area (Å²) in [5, 5.41) is 23.7. The number of aliphatic hydroxyl groups is 1. The van der Waals surface area contributed by atoms with Crippen molar-refractivity contribution in [3.05, 3.63) is 39.9 Å². The van der Waals surface area contributed by atoms with Gasteiger partial charge in [-0.05, 0) is 31.5 Å². The number of likely N-dealkylation sites (tertiary alicyclic amines) is 1. The number of nitro groups is 1. The van der Waals surface area contributed by atoms with E-state index in [1.165, 1.54) is 12.1 Å².